The first-order valence-corrected chi connectivity index (χ1v) is 11.4. The molecular weight excluding hydrogens is 474 g/mol. The summed E-state index contributed by atoms with van der Waals surface area (Å²) in [5.41, 5.74) is 2.19. The average Bonchev–Trinajstić information content (AvgIpc) is 3.04. The van der Waals surface area contributed by atoms with Gasteiger partial charge in [-0.25, -0.2) is 27.7 Å². The molecule has 0 bridgehead atoms. The van der Waals surface area contributed by atoms with Gasteiger partial charge in [0.25, 0.3) is 0 Å². The molecule has 0 aliphatic carbocycles. The van der Waals surface area contributed by atoms with Crippen molar-refractivity contribution in [1.82, 2.24) is 24.9 Å². The van der Waals surface area contributed by atoms with Gasteiger partial charge in [-0.05, 0) is 49.7 Å². The lowest BCUT2D eigenvalue weighted by atomic mass is 10.1. The summed E-state index contributed by atoms with van der Waals surface area (Å²) in [6.45, 7) is 7.11. The molecular formula is C18H22BrN7O3S. The minimum atomic E-state index is -3.61. The smallest absolute Gasteiger partial charge is 0.320 e. The lowest BCUT2D eigenvalue weighted by Gasteiger charge is -2.19. The molecule has 30 heavy (non-hydrogen) atoms. The monoisotopic (exact) mass is 495 g/mol. The second kappa shape index (κ2) is 8.19. The number of fused-ring (bicyclic) bond motifs is 1. The number of anilines is 2. The molecule has 0 aliphatic rings. The highest BCUT2D eigenvalue weighted by molar-refractivity contribution is 9.10. The van der Waals surface area contributed by atoms with Gasteiger partial charge >= 0.3 is 6.03 Å². The maximum Gasteiger partial charge on any atom is 0.320 e. The van der Waals surface area contributed by atoms with Gasteiger partial charge in [0.15, 0.2) is 5.82 Å². The molecule has 0 spiro atoms. The summed E-state index contributed by atoms with van der Waals surface area (Å²) < 4.78 is 28.3. The highest BCUT2D eigenvalue weighted by Gasteiger charge is 2.29. The molecule has 0 atom stereocenters. The third-order valence-corrected chi connectivity index (χ3v) is 6.82. The zero-order valence-electron chi connectivity index (χ0n) is 16.9. The van der Waals surface area contributed by atoms with Crippen LogP contribution in [0.25, 0.3) is 16.6 Å². The third kappa shape index (κ3) is 4.70. The molecule has 3 N–H and O–H groups in total. The van der Waals surface area contributed by atoms with E-state index in [2.05, 4.69) is 46.4 Å². The number of aromatic nitrogens is 4. The van der Waals surface area contributed by atoms with Crippen LogP contribution >= 0.6 is 15.9 Å². The van der Waals surface area contributed by atoms with Crippen molar-refractivity contribution in [3.8, 4) is 11.1 Å². The van der Waals surface area contributed by atoms with Gasteiger partial charge in [0.1, 0.15) is 0 Å². The molecule has 0 unspecified atom stereocenters. The molecule has 160 valence electrons. The number of carbonyl (C=O) groups excluding carboxylic acids is 1. The third-order valence-electron chi connectivity index (χ3n) is 4.12. The molecule has 0 fully saturated rings. The van der Waals surface area contributed by atoms with Gasteiger partial charge < -0.3 is 5.32 Å². The molecule has 0 saturated carbocycles. The Bertz CT molecular complexity index is 1180. The van der Waals surface area contributed by atoms with Crippen LogP contribution in [-0.2, 0) is 10.0 Å². The van der Waals surface area contributed by atoms with Gasteiger partial charge in [0, 0.05) is 46.8 Å². The number of amides is 2. The second-order valence-electron chi connectivity index (χ2n) is 7.43. The fraction of sp³-hybridized carbons (Fsp3) is 0.333. The molecule has 12 heteroatoms. The largest absolute Gasteiger partial charge is 0.338 e. The molecule has 3 aromatic heterocycles. The molecule has 3 heterocycles. The zero-order chi connectivity index (χ0) is 22.1. The van der Waals surface area contributed by atoms with Gasteiger partial charge in [0.05, 0.1) is 10.3 Å². The van der Waals surface area contributed by atoms with E-state index in [0.29, 0.717) is 17.9 Å². The average molecular weight is 496 g/mol. The Morgan fingerprint density at radius 1 is 1.17 bits per heavy atom. The van der Waals surface area contributed by atoms with Crippen molar-refractivity contribution in [2.45, 2.75) is 32.4 Å². The van der Waals surface area contributed by atoms with E-state index in [1.165, 1.54) is 12.4 Å². The van der Waals surface area contributed by atoms with Gasteiger partial charge in [-0.2, -0.15) is 0 Å². The molecule has 0 aromatic carbocycles. The van der Waals surface area contributed by atoms with E-state index >= 15 is 0 Å². The van der Waals surface area contributed by atoms with Crippen molar-refractivity contribution in [2.75, 3.05) is 16.6 Å². The summed E-state index contributed by atoms with van der Waals surface area (Å²) >= 11 is 3.51. The Labute approximate surface area is 182 Å². The van der Waals surface area contributed by atoms with Crippen molar-refractivity contribution in [3.63, 3.8) is 0 Å². The number of urea groups is 1. The van der Waals surface area contributed by atoms with E-state index in [9.17, 15) is 13.2 Å². The van der Waals surface area contributed by atoms with Gasteiger partial charge in [0.2, 0.25) is 16.0 Å². The van der Waals surface area contributed by atoms with Crippen molar-refractivity contribution >= 4 is 49.3 Å². The van der Waals surface area contributed by atoms with E-state index in [4.69, 9.17) is 0 Å². The lowest BCUT2D eigenvalue weighted by Crippen LogP contribution is -2.34. The van der Waals surface area contributed by atoms with Crippen LogP contribution < -0.4 is 15.4 Å². The van der Waals surface area contributed by atoms with Crippen LogP contribution in [-0.4, -0.2) is 45.3 Å². The van der Waals surface area contributed by atoms with Crippen LogP contribution in [0.3, 0.4) is 0 Å². The maximum absolute atomic E-state index is 12.2. The number of rotatable bonds is 5. The number of sulfonamides is 1. The van der Waals surface area contributed by atoms with Crippen LogP contribution in [0.4, 0.5) is 16.6 Å². The molecule has 3 rings (SSSR count). The Balaban J connectivity index is 1.87. The topological polar surface area (TPSA) is 130 Å². The fourth-order valence-corrected chi connectivity index (χ4v) is 3.59. The molecule has 0 radical (unpaired) electrons. The minimum absolute atomic E-state index is 0.00123. The van der Waals surface area contributed by atoms with Crippen molar-refractivity contribution < 1.29 is 13.2 Å². The molecule has 0 aliphatic heterocycles. The summed E-state index contributed by atoms with van der Waals surface area (Å²) in [4.78, 5) is 19.9. The van der Waals surface area contributed by atoms with Crippen LogP contribution in [0.15, 0.2) is 35.2 Å². The van der Waals surface area contributed by atoms with E-state index in [1.54, 1.807) is 37.5 Å². The van der Waals surface area contributed by atoms with Crippen molar-refractivity contribution in [3.05, 3.63) is 35.2 Å². The van der Waals surface area contributed by atoms with Crippen LogP contribution in [0.2, 0.25) is 0 Å². The van der Waals surface area contributed by atoms with Crippen molar-refractivity contribution in [1.29, 1.82) is 0 Å². The number of hydrogen-bond donors (Lipinski definition) is 3. The van der Waals surface area contributed by atoms with Gasteiger partial charge in [-0.15, -0.1) is 5.10 Å². The van der Waals surface area contributed by atoms with E-state index in [0.717, 1.165) is 15.6 Å². The minimum Gasteiger partial charge on any atom is -0.338 e. The predicted molar refractivity (Wildman–Crippen MR) is 119 cm³/mol. The molecule has 3 aromatic rings. The Morgan fingerprint density at radius 3 is 2.43 bits per heavy atom. The predicted octanol–water partition coefficient (Wildman–Crippen LogP) is 3.24. The summed E-state index contributed by atoms with van der Waals surface area (Å²) in [5.74, 6) is 0.406. The Hall–Kier alpha value is -2.73. The summed E-state index contributed by atoms with van der Waals surface area (Å²) in [6, 6.07) is 3.27. The Kier molecular flexibility index (Phi) is 5.99. The first kappa shape index (κ1) is 22.0. The number of nitrogens with zero attached hydrogens (tertiary/aromatic N) is 4. The number of hydrogen-bond acceptors (Lipinski definition) is 6. The normalized spacial score (nSPS) is 12.0. The van der Waals surface area contributed by atoms with Gasteiger partial charge in [-0.1, -0.05) is 0 Å². The number of nitrogens with one attached hydrogen (secondary N) is 3. The van der Waals surface area contributed by atoms with E-state index in [-0.39, 0.29) is 12.0 Å². The highest BCUT2D eigenvalue weighted by atomic mass is 79.9. The number of halogens is 1. The quantitative estimate of drug-likeness (QED) is 0.497. The molecule has 0 saturated heterocycles. The SMILES string of the molecule is CCNC(=O)Nc1cc2c(Br)cc(-c3cnc(NS(=O)(=O)C(C)(C)C)nc3)cn2n1. The number of carbonyl (C=O) groups is 1. The number of pyridine rings is 1. The first-order valence-electron chi connectivity index (χ1n) is 9.09. The lowest BCUT2D eigenvalue weighted by molar-refractivity contribution is 0.252. The van der Waals surface area contributed by atoms with E-state index in [1.807, 2.05) is 13.0 Å². The second-order valence-corrected chi connectivity index (χ2v) is 10.7. The van der Waals surface area contributed by atoms with Crippen LogP contribution in [0.1, 0.15) is 27.7 Å². The van der Waals surface area contributed by atoms with Crippen LogP contribution in [0.5, 0.6) is 0 Å². The maximum atomic E-state index is 12.2. The zero-order valence-corrected chi connectivity index (χ0v) is 19.3. The Morgan fingerprint density at radius 2 is 1.83 bits per heavy atom. The summed E-state index contributed by atoms with van der Waals surface area (Å²) in [7, 11) is -3.61. The van der Waals surface area contributed by atoms with Gasteiger partial charge in [-0.3, -0.25) is 10.0 Å². The van der Waals surface area contributed by atoms with E-state index < -0.39 is 14.8 Å². The first-order chi connectivity index (χ1) is 14.0. The summed E-state index contributed by atoms with van der Waals surface area (Å²) in [6.07, 6.45) is 4.82. The standard InChI is InChI=1S/C18H22BrN7O3S/c1-5-20-17(27)23-15-7-14-13(19)6-11(10-26(14)24-15)12-8-21-16(22-9-12)25-30(28,29)18(2,3)4/h6-10H,5H2,1-4H3,(H,21,22,25)(H2,20,23,24,27). The molecule has 2 amide bonds. The highest BCUT2D eigenvalue weighted by Crippen LogP contribution is 2.28. The van der Waals surface area contributed by atoms with Crippen molar-refractivity contribution in [2.24, 2.45) is 0 Å². The fourth-order valence-electron chi connectivity index (χ4n) is 2.39. The summed E-state index contributed by atoms with van der Waals surface area (Å²) in [5, 5.41) is 9.67. The van der Waals surface area contributed by atoms with Crippen LogP contribution in [0, 0.1) is 0 Å². The molecule has 10 nitrogen and oxygen atoms in total.